The second-order valence-electron chi connectivity index (χ2n) is 6.60. The SMILES string of the molecule is O=C1CC(C(=O)O)C2(CCN(C(=O)Nc3ccc(C(=O)O)cc3)CC2)N1. The van der Waals surface area contributed by atoms with Crippen LogP contribution in [0, 0.1) is 5.92 Å². The summed E-state index contributed by atoms with van der Waals surface area (Å²) in [7, 11) is 0. The molecule has 138 valence electrons. The van der Waals surface area contributed by atoms with Crippen LogP contribution < -0.4 is 10.6 Å². The van der Waals surface area contributed by atoms with E-state index in [4.69, 9.17) is 5.11 Å². The Morgan fingerprint density at radius 1 is 1.12 bits per heavy atom. The molecule has 0 saturated carbocycles. The largest absolute Gasteiger partial charge is 0.481 e. The summed E-state index contributed by atoms with van der Waals surface area (Å²) in [4.78, 5) is 47.8. The van der Waals surface area contributed by atoms with Crippen molar-refractivity contribution >= 4 is 29.6 Å². The van der Waals surface area contributed by atoms with Crippen molar-refractivity contribution in [2.45, 2.75) is 24.8 Å². The molecule has 2 saturated heterocycles. The van der Waals surface area contributed by atoms with E-state index in [9.17, 15) is 24.3 Å². The molecular formula is C17H19N3O6. The first-order valence-corrected chi connectivity index (χ1v) is 8.24. The molecule has 1 spiro atoms. The van der Waals surface area contributed by atoms with Crippen LogP contribution in [0.15, 0.2) is 24.3 Å². The number of likely N-dealkylation sites (tertiary alicyclic amines) is 1. The van der Waals surface area contributed by atoms with Gasteiger partial charge in [0.25, 0.3) is 0 Å². The second kappa shape index (κ2) is 6.66. The fourth-order valence-electron chi connectivity index (χ4n) is 3.60. The van der Waals surface area contributed by atoms with E-state index >= 15 is 0 Å². The van der Waals surface area contributed by atoms with Crippen molar-refractivity contribution in [3.63, 3.8) is 0 Å². The van der Waals surface area contributed by atoms with E-state index in [-0.39, 0.29) is 23.9 Å². The molecule has 2 heterocycles. The van der Waals surface area contributed by atoms with Gasteiger partial charge in [0.05, 0.1) is 17.0 Å². The van der Waals surface area contributed by atoms with Gasteiger partial charge in [-0.05, 0) is 37.1 Å². The lowest BCUT2D eigenvalue weighted by Crippen LogP contribution is -2.57. The van der Waals surface area contributed by atoms with Crippen LogP contribution in [-0.4, -0.2) is 57.6 Å². The van der Waals surface area contributed by atoms with Crippen molar-refractivity contribution in [3.8, 4) is 0 Å². The molecule has 1 unspecified atom stereocenters. The highest BCUT2D eigenvalue weighted by Crippen LogP contribution is 2.37. The maximum Gasteiger partial charge on any atom is 0.335 e. The van der Waals surface area contributed by atoms with E-state index in [1.165, 1.54) is 24.3 Å². The van der Waals surface area contributed by atoms with E-state index < -0.39 is 23.4 Å². The molecule has 0 bridgehead atoms. The lowest BCUT2D eigenvalue weighted by molar-refractivity contribution is -0.144. The highest BCUT2D eigenvalue weighted by atomic mass is 16.4. The quantitative estimate of drug-likeness (QED) is 0.633. The Morgan fingerprint density at radius 3 is 2.27 bits per heavy atom. The summed E-state index contributed by atoms with van der Waals surface area (Å²) >= 11 is 0. The molecule has 2 fully saturated rings. The lowest BCUT2D eigenvalue weighted by atomic mass is 9.78. The minimum atomic E-state index is -1.05. The number of hydrogen-bond donors (Lipinski definition) is 4. The standard InChI is InChI=1S/C17H19N3O6/c21-13-9-12(15(24)25)17(19-13)5-7-20(8-6-17)16(26)18-11-3-1-10(2-4-11)14(22)23/h1-4,12H,5-9H2,(H,18,26)(H,19,21)(H,22,23)(H,24,25). The molecule has 9 heteroatoms. The van der Waals surface area contributed by atoms with Crippen LogP contribution in [0.5, 0.6) is 0 Å². The third-order valence-corrected chi connectivity index (χ3v) is 5.07. The van der Waals surface area contributed by atoms with Gasteiger partial charge in [0.2, 0.25) is 5.91 Å². The van der Waals surface area contributed by atoms with Gasteiger partial charge in [0.1, 0.15) is 0 Å². The third kappa shape index (κ3) is 3.32. The number of aromatic carboxylic acids is 1. The number of aliphatic carboxylic acids is 1. The molecular weight excluding hydrogens is 342 g/mol. The number of nitrogens with zero attached hydrogens (tertiary/aromatic N) is 1. The minimum absolute atomic E-state index is 0.0303. The predicted octanol–water partition coefficient (Wildman–Crippen LogP) is 0.972. The molecule has 4 N–H and O–H groups in total. The molecule has 2 aliphatic rings. The molecule has 0 aliphatic carbocycles. The molecule has 0 radical (unpaired) electrons. The van der Waals surface area contributed by atoms with Gasteiger partial charge in [-0.15, -0.1) is 0 Å². The van der Waals surface area contributed by atoms with Gasteiger partial charge in [-0.1, -0.05) is 0 Å². The molecule has 3 amide bonds. The van der Waals surface area contributed by atoms with Crippen LogP contribution in [0.25, 0.3) is 0 Å². The number of carbonyl (C=O) groups excluding carboxylic acids is 2. The first kappa shape index (κ1) is 17.7. The van der Waals surface area contributed by atoms with Crippen molar-refractivity contribution in [1.29, 1.82) is 0 Å². The molecule has 2 aliphatic heterocycles. The smallest absolute Gasteiger partial charge is 0.335 e. The van der Waals surface area contributed by atoms with Gasteiger partial charge in [-0.2, -0.15) is 0 Å². The zero-order valence-corrected chi connectivity index (χ0v) is 13.9. The molecule has 26 heavy (non-hydrogen) atoms. The number of carbonyl (C=O) groups is 4. The van der Waals surface area contributed by atoms with Crippen molar-refractivity contribution in [3.05, 3.63) is 29.8 Å². The second-order valence-corrected chi connectivity index (χ2v) is 6.60. The maximum absolute atomic E-state index is 12.4. The van der Waals surface area contributed by atoms with E-state index in [1.54, 1.807) is 4.90 Å². The molecule has 1 aromatic carbocycles. The highest BCUT2D eigenvalue weighted by molar-refractivity contribution is 5.92. The number of anilines is 1. The van der Waals surface area contributed by atoms with Gasteiger partial charge in [0.15, 0.2) is 0 Å². The zero-order chi connectivity index (χ0) is 18.9. The number of carboxylic acid groups (broad SMARTS) is 2. The maximum atomic E-state index is 12.4. The number of urea groups is 1. The summed E-state index contributed by atoms with van der Waals surface area (Å²) in [6.45, 7) is 0.645. The number of carboxylic acids is 2. The third-order valence-electron chi connectivity index (χ3n) is 5.07. The van der Waals surface area contributed by atoms with Crippen molar-refractivity contribution in [1.82, 2.24) is 10.2 Å². The zero-order valence-electron chi connectivity index (χ0n) is 13.9. The summed E-state index contributed by atoms with van der Waals surface area (Å²) in [6, 6.07) is 5.46. The number of rotatable bonds is 3. The van der Waals surface area contributed by atoms with Crippen molar-refractivity contribution < 1.29 is 29.4 Å². The number of hydrogen-bond acceptors (Lipinski definition) is 4. The summed E-state index contributed by atoms with van der Waals surface area (Å²) in [5.74, 6) is -3.09. The fourth-order valence-corrected chi connectivity index (χ4v) is 3.60. The van der Waals surface area contributed by atoms with Gasteiger partial charge in [-0.3, -0.25) is 9.59 Å². The Bertz CT molecular complexity index is 752. The van der Waals surface area contributed by atoms with Crippen LogP contribution in [0.1, 0.15) is 29.6 Å². The average molecular weight is 361 g/mol. The topological polar surface area (TPSA) is 136 Å². The number of piperidine rings is 1. The Hall–Kier alpha value is -3.10. The predicted molar refractivity (Wildman–Crippen MR) is 89.8 cm³/mol. The van der Waals surface area contributed by atoms with Gasteiger partial charge in [-0.25, -0.2) is 9.59 Å². The number of benzene rings is 1. The Balaban J connectivity index is 1.61. The first-order valence-electron chi connectivity index (χ1n) is 8.24. The van der Waals surface area contributed by atoms with E-state index in [0.29, 0.717) is 31.6 Å². The van der Waals surface area contributed by atoms with Gasteiger partial charge in [0, 0.05) is 25.2 Å². The van der Waals surface area contributed by atoms with E-state index in [2.05, 4.69) is 10.6 Å². The first-order chi connectivity index (χ1) is 12.3. The summed E-state index contributed by atoms with van der Waals surface area (Å²) in [6.07, 6.45) is 0.722. The van der Waals surface area contributed by atoms with E-state index in [0.717, 1.165) is 0 Å². The molecule has 9 nitrogen and oxygen atoms in total. The van der Waals surface area contributed by atoms with Gasteiger partial charge < -0.3 is 25.7 Å². The Morgan fingerprint density at radius 2 is 1.73 bits per heavy atom. The van der Waals surface area contributed by atoms with Crippen LogP contribution in [0.4, 0.5) is 10.5 Å². The average Bonchev–Trinajstić information content (AvgIpc) is 2.92. The number of amides is 3. The molecule has 3 rings (SSSR count). The van der Waals surface area contributed by atoms with E-state index in [1.807, 2.05) is 0 Å². The Kier molecular flexibility index (Phi) is 4.54. The monoisotopic (exact) mass is 361 g/mol. The van der Waals surface area contributed by atoms with Crippen LogP contribution in [0.3, 0.4) is 0 Å². The normalized spacial score (nSPS) is 21.3. The van der Waals surface area contributed by atoms with Crippen LogP contribution in [-0.2, 0) is 9.59 Å². The van der Waals surface area contributed by atoms with Crippen LogP contribution in [0.2, 0.25) is 0 Å². The van der Waals surface area contributed by atoms with Crippen molar-refractivity contribution in [2.24, 2.45) is 5.92 Å². The fraction of sp³-hybridized carbons (Fsp3) is 0.412. The minimum Gasteiger partial charge on any atom is -0.481 e. The molecule has 0 aromatic heterocycles. The molecule has 1 atom stereocenters. The lowest BCUT2D eigenvalue weighted by Gasteiger charge is -2.41. The Labute approximate surface area is 149 Å². The van der Waals surface area contributed by atoms with Gasteiger partial charge >= 0.3 is 18.0 Å². The van der Waals surface area contributed by atoms with Crippen LogP contribution >= 0.6 is 0 Å². The van der Waals surface area contributed by atoms with Crippen molar-refractivity contribution in [2.75, 3.05) is 18.4 Å². The summed E-state index contributed by atoms with van der Waals surface area (Å²) in [5, 5.41) is 23.7. The number of nitrogens with one attached hydrogen (secondary N) is 2. The molecule has 1 aromatic rings. The highest BCUT2D eigenvalue weighted by Gasteiger charge is 2.52. The summed E-state index contributed by atoms with van der Waals surface area (Å²) in [5.41, 5.74) is -0.194. The summed E-state index contributed by atoms with van der Waals surface area (Å²) < 4.78 is 0.